The normalized spacial score (nSPS) is 52.1. The van der Waals surface area contributed by atoms with Gasteiger partial charge in [0.2, 0.25) is 0 Å². The summed E-state index contributed by atoms with van der Waals surface area (Å²) in [7, 11) is 0. The predicted molar refractivity (Wildman–Crippen MR) is 201 cm³/mol. The van der Waals surface area contributed by atoms with Gasteiger partial charge in [-0.1, -0.05) is 58.4 Å². The molecule has 2 heterocycles. The molecule has 316 valence electrons. The third kappa shape index (κ3) is 7.12. The van der Waals surface area contributed by atoms with Gasteiger partial charge in [-0.2, -0.15) is 0 Å². The van der Waals surface area contributed by atoms with Crippen LogP contribution in [0, 0.1) is 45.3 Å². The number of hydrogen-bond donors (Lipinski definition) is 9. The highest BCUT2D eigenvalue weighted by atomic mass is 16.8. The van der Waals surface area contributed by atoms with E-state index in [0.717, 1.165) is 38.5 Å². The van der Waals surface area contributed by atoms with E-state index < -0.39 is 98.4 Å². The van der Waals surface area contributed by atoms with Gasteiger partial charge in [0.05, 0.1) is 31.5 Å². The van der Waals surface area contributed by atoms with Gasteiger partial charge in [0.15, 0.2) is 12.6 Å². The number of hydrogen-bond acceptors (Lipinski definition) is 13. The minimum Gasteiger partial charge on any atom is -0.394 e. The van der Waals surface area contributed by atoms with Crippen LogP contribution in [-0.4, -0.2) is 139 Å². The van der Waals surface area contributed by atoms with E-state index in [9.17, 15) is 46.0 Å². The molecule has 20 atom stereocenters. The molecule has 0 aromatic carbocycles. The molecule has 2 saturated heterocycles. The summed E-state index contributed by atoms with van der Waals surface area (Å²) in [5.74, 6) is 0.556. The van der Waals surface area contributed by atoms with E-state index in [0.29, 0.717) is 12.8 Å². The van der Waals surface area contributed by atoms with Crippen molar-refractivity contribution in [2.24, 2.45) is 45.3 Å². The van der Waals surface area contributed by atoms with Crippen LogP contribution < -0.4 is 0 Å². The number of ether oxygens (including phenoxy) is 4. The topological polar surface area (TPSA) is 219 Å². The van der Waals surface area contributed by atoms with E-state index in [-0.39, 0.29) is 39.9 Å². The number of aliphatic hydroxyl groups excluding tert-OH is 9. The van der Waals surface area contributed by atoms with Crippen molar-refractivity contribution < 1.29 is 64.9 Å². The first-order chi connectivity index (χ1) is 25.7. The van der Waals surface area contributed by atoms with E-state index in [1.165, 1.54) is 11.1 Å². The molecule has 6 aliphatic rings. The van der Waals surface area contributed by atoms with E-state index in [1.807, 2.05) is 0 Å². The van der Waals surface area contributed by atoms with Crippen LogP contribution in [0.15, 0.2) is 23.8 Å². The lowest BCUT2D eigenvalue weighted by Gasteiger charge is -2.71. The molecule has 1 unspecified atom stereocenters. The van der Waals surface area contributed by atoms with Gasteiger partial charge in [0.1, 0.15) is 48.8 Å². The quantitative estimate of drug-likeness (QED) is 0.115. The van der Waals surface area contributed by atoms with Crippen molar-refractivity contribution >= 4 is 0 Å². The van der Waals surface area contributed by atoms with Gasteiger partial charge in [0.25, 0.3) is 0 Å². The number of allylic oxidation sites excluding steroid dienone is 3. The van der Waals surface area contributed by atoms with Gasteiger partial charge >= 0.3 is 0 Å². The fraction of sp³-hybridized carbons (Fsp3) is 0.905. The van der Waals surface area contributed by atoms with Crippen molar-refractivity contribution in [2.75, 3.05) is 13.2 Å². The molecule has 0 bridgehead atoms. The van der Waals surface area contributed by atoms with Gasteiger partial charge < -0.3 is 64.9 Å². The van der Waals surface area contributed by atoms with E-state index in [2.05, 4.69) is 61.1 Å². The Labute approximate surface area is 326 Å². The molecular weight excluding hydrogens is 712 g/mol. The lowest BCUT2D eigenvalue weighted by atomic mass is 9.35. The van der Waals surface area contributed by atoms with Crippen molar-refractivity contribution in [1.29, 1.82) is 0 Å². The van der Waals surface area contributed by atoms with Gasteiger partial charge in [-0.05, 0) is 111 Å². The zero-order chi connectivity index (χ0) is 40.6. The largest absolute Gasteiger partial charge is 0.394 e. The predicted octanol–water partition coefficient (Wildman–Crippen LogP) is 1.93. The van der Waals surface area contributed by atoms with Crippen molar-refractivity contribution in [3.63, 3.8) is 0 Å². The van der Waals surface area contributed by atoms with E-state index in [1.54, 1.807) is 0 Å². The molecule has 0 spiro atoms. The number of fused-ring (bicyclic) bond motifs is 5. The maximum atomic E-state index is 12.2. The summed E-state index contributed by atoms with van der Waals surface area (Å²) in [5.41, 5.74) is 1.28. The van der Waals surface area contributed by atoms with Crippen molar-refractivity contribution in [2.45, 2.75) is 180 Å². The van der Waals surface area contributed by atoms with Gasteiger partial charge in [-0.3, -0.25) is 0 Å². The summed E-state index contributed by atoms with van der Waals surface area (Å²) in [6.07, 6.45) is -9.14. The standard InChI is InChI=1S/C42H70O13/c1-20(2)10-9-11-21(3)22-12-14-42(8)29(22)23(45)16-28-40(6)17-24(46)36(39(4,5)27(40)13-15-41(28,42)7)55-38-35(33(50)31(48)26(19-44)53-38)54-37-34(51)32(49)30(47)25(18-43)52-37/h10,22-38,43-51H,3,9,11-19H2,1-2,4-8H3/t22-,23-,24-,25-,26-,27+,28-,29+,30-,31-,32+,33+,34-,35-,36?,37+,38+,40+,41-,42-/m1/s1. The first-order valence-electron chi connectivity index (χ1n) is 20.6. The fourth-order valence-electron chi connectivity index (χ4n) is 13.1. The summed E-state index contributed by atoms with van der Waals surface area (Å²) >= 11 is 0. The Morgan fingerprint density at radius 2 is 1.33 bits per heavy atom. The molecule has 6 fully saturated rings. The molecule has 13 nitrogen and oxygen atoms in total. The highest BCUT2D eigenvalue weighted by molar-refractivity contribution is 5.23. The first-order valence-corrected chi connectivity index (χ1v) is 20.6. The zero-order valence-corrected chi connectivity index (χ0v) is 33.8. The molecule has 2 aliphatic heterocycles. The Morgan fingerprint density at radius 1 is 0.727 bits per heavy atom. The Bertz CT molecular complexity index is 1400. The third-order valence-corrected chi connectivity index (χ3v) is 16.1. The minimum absolute atomic E-state index is 0.0487. The molecule has 4 saturated carbocycles. The van der Waals surface area contributed by atoms with Crippen LogP contribution in [0.2, 0.25) is 0 Å². The summed E-state index contributed by atoms with van der Waals surface area (Å²) in [4.78, 5) is 0. The maximum absolute atomic E-state index is 12.2. The molecule has 0 amide bonds. The van der Waals surface area contributed by atoms with Crippen LogP contribution in [0.4, 0.5) is 0 Å². The SMILES string of the molecule is C=C(CCC=C(C)C)[C@H]1CC[C@]2(C)[C@@H]1[C@H](O)C[C@@H]1[C@@]3(C)C[C@@H](O)C(O[C@@H]4O[C@H](CO)[C@@H](O)[C@H](O)[C@H]4O[C@@H]4O[C@H](CO)[C@@H](O)[C@H](O)[C@H]4O)C(C)(C)[C@@H]3CC[C@]12C. The molecule has 0 aromatic rings. The molecule has 9 N–H and O–H groups in total. The second-order valence-electron chi connectivity index (χ2n) is 19.6. The Hall–Kier alpha value is -1.04. The highest BCUT2D eigenvalue weighted by Crippen LogP contribution is 2.75. The summed E-state index contributed by atoms with van der Waals surface area (Å²) < 4.78 is 24.1. The van der Waals surface area contributed by atoms with Crippen LogP contribution in [0.25, 0.3) is 0 Å². The van der Waals surface area contributed by atoms with Gasteiger partial charge in [-0.25, -0.2) is 0 Å². The third-order valence-electron chi connectivity index (χ3n) is 16.1. The van der Waals surface area contributed by atoms with Gasteiger partial charge in [0, 0.05) is 0 Å². The van der Waals surface area contributed by atoms with Crippen LogP contribution in [0.5, 0.6) is 0 Å². The van der Waals surface area contributed by atoms with Crippen molar-refractivity contribution in [3.05, 3.63) is 23.8 Å². The number of aliphatic hydroxyl groups is 9. The van der Waals surface area contributed by atoms with Crippen LogP contribution in [0.3, 0.4) is 0 Å². The highest BCUT2D eigenvalue weighted by Gasteiger charge is 2.71. The van der Waals surface area contributed by atoms with Crippen LogP contribution in [0.1, 0.15) is 99.8 Å². The summed E-state index contributed by atoms with van der Waals surface area (Å²) in [6.45, 7) is 18.6. The molecule has 4 aliphatic carbocycles. The fourth-order valence-corrected chi connectivity index (χ4v) is 13.1. The Morgan fingerprint density at radius 3 is 1.95 bits per heavy atom. The molecular formula is C42H70O13. The molecule has 55 heavy (non-hydrogen) atoms. The second-order valence-corrected chi connectivity index (χ2v) is 19.6. The minimum atomic E-state index is -1.80. The zero-order valence-electron chi connectivity index (χ0n) is 33.8. The number of rotatable bonds is 10. The Balaban J connectivity index is 1.25. The first kappa shape index (κ1) is 43.5. The van der Waals surface area contributed by atoms with Crippen LogP contribution in [-0.2, 0) is 18.9 Å². The molecule has 6 rings (SSSR count). The average molecular weight is 783 g/mol. The van der Waals surface area contributed by atoms with Gasteiger partial charge in [-0.15, -0.1) is 0 Å². The van der Waals surface area contributed by atoms with Crippen LogP contribution >= 0.6 is 0 Å². The lowest BCUT2D eigenvalue weighted by Crippen LogP contribution is -2.69. The van der Waals surface area contributed by atoms with E-state index in [4.69, 9.17) is 18.9 Å². The lowest BCUT2D eigenvalue weighted by molar-refractivity contribution is -0.383. The smallest absolute Gasteiger partial charge is 0.187 e. The Kier molecular flexibility index (Phi) is 12.6. The molecule has 13 heteroatoms. The monoisotopic (exact) mass is 782 g/mol. The van der Waals surface area contributed by atoms with Crippen molar-refractivity contribution in [1.82, 2.24) is 0 Å². The summed E-state index contributed by atoms with van der Waals surface area (Å²) in [6, 6.07) is 0. The molecule has 0 radical (unpaired) electrons. The summed E-state index contributed by atoms with van der Waals surface area (Å²) in [5, 5.41) is 97.6. The second kappa shape index (κ2) is 15.9. The van der Waals surface area contributed by atoms with E-state index >= 15 is 0 Å². The maximum Gasteiger partial charge on any atom is 0.187 e. The average Bonchev–Trinajstić information content (AvgIpc) is 3.49. The molecule has 0 aromatic heterocycles. The van der Waals surface area contributed by atoms with Crippen molar-refractivity contribution in [3.8, 4) is 0 Å².